The molecule has 0 spiro atoms. The van der Waals surface area contributed by atoms with Gasteiger partial charge in [0.2, 0.25) is 0 Å². The van der Waals surface area contributed by atoms with Crippen LogP contribution in [-0.2, 0) is 30.8 Å². The summed E-state index contributed by atoms with van der Waals surface area (Å²) in [6, 6.07) is 7.78. The zero-order valence-electron chi connectivity index (χ0n) is 21.4. The predicted octanol–water partition coefficient (Wildman–Crippen LogP) is 2.93. The molecule has 0 radical (unpaired) electrons. The smallest absolute Gasteiger partial charge is 0.338 e. The summed E-state index contributed by atoms with van der Waals surface area (Å²) in [6.07, 6.45) is -0.433. The molecule has 1 aliphatic heterocycles. The Labute approximate surface area is 203 Å². The Morgan fingerprint density at radius 1 is 1.24 bits per heavy atom. The van der Waals surface area contributed by atoms with Gasteiger partial charge in [0.1, 0.15) is 6.10 Å². The maximum atomic E-state index is 13.0. The zero-order valence-corrected chi connectivity index (χ0v) is 21.4. The monoisotopic (exact) mass is 478 g/mol. The van der Waals surface area contributed by atoms with Crippen molar-refractivity contribution in [1.29, 1.82) is 0 Å². The molecule has 7 heteroatoms. The van der Waals surface area contributed by atoms with Gasteiger partial charge in [0.25, 0.3) is 0 Å². The lowest BCUT2D eigenvalue weighted by Crippen LogP contribution is -2.42. The number of carbonyl (C=O) groups excluding carboxylic acids is 1. The van der Waals surface area contributed by atoms with Crippen LogP contribution >= 0.6 is 0 Å². The van der Waals surface area contributed by atoms with Gasteiger partial charge in [-0.15, -0.1) is 0 Å². The quantitative estimate of drug-likeness (QED) is 0.426. The van der Waals surface area contributed by atoms with Crippen molar-refractivity contribution < 1.29 is 34.3 Å². The largest absolute Gasteiger partial charge is 0.456 e. The number of esters is 1. The summed E-state index contributed by atoms with van der Waals surface area (Å²) < 4.78 is 17.0. The van der Waals surface area contributed by atoms with Gasteiger partial charge < -0.3 is 29.5 Å². The zero-order chi connectivity index (χ0) is 25.5. The van der Waals surface area contributed by atoms with Crippen LogP contribution < -0.4 is 0 Å². The lowest BCUT2D eigenvalue weighted by atomic mass is 9.76. The first-order valence-electron chi connectivity index (χ1n) is 12.1. The SMILES string of the molecule is CCC(C=C(C)C1CC(OC)CC(O)C(C)(C)c2cccc(c2)CC(OC)C(O)C(=O)O1)CO. The summed E-state index contributed by atoms with van der Waals surface area (Å²) in [6.45, 7) is 7.79. The van der Waals surface area contributed by atoms with Crippen molar-refractivity contribution in [2.75, 3.05) is 20.8 Å². The normalized spacial score (nSPS) is 29.7. The highest BCUT2D eigenvalue weighted by Gasteiger charge is 2.36. The number of aliphatic hydroxyl groups is 3. The van der Waals surface area contributed by atoms with Crippen LogP contribution in [0.2, 0.25) is 0 Å². The van der Waals surface area contributed by atoms with Gasteiger partial charge in [-0.3, -0.25) is 0 Å². The molecule has 34 heavy (non-hydrogen) atoms. The second-order valence-corrected chi connectivity index (χ2v) is 9.88. The Morgan fingerprint density at radius 3 is 2.53 bits per heavy atom. The third-order valence-corrected chi connectivity index (χ3v) is 7.16. The molecule has 7 nitrogen and oxygen atoms in total. The lowest BCUT2D eigenvalue weighted by Gasteiger charge is -2.35. The molecule has 0 fully saturated rings. The van der Waals surface area contributed by atoms with Gasteiger partial charge in [-0.1, -0.05) is 51.1 Å². The number of cyclic esters (lactones) is 1. The number of fused-ring (bicyclic) bond motifs is 2. The van der Waals surface area contributed by atoms with E-state index in [-0.39, 0.29) is 12.5 Å². The molecule has 2 bridgehead atoms. The maximum Gasteiger partial charge on any atom is 0.338 e. The molecule has 1 aromatic rings. The topological polar surface area (TPSA) is 105 Å². The van der Waals surface area contributed by atoms with Crippen LogP contribution in [0, 0.1) is 5.92 Å². The minimum absolute atomic E-state index is 0.0127. The molecule has 0 amide bonds. The number of hydrogen-bond donors (Lipinski definition) is 3. The van der Waals surface area contributed by atoms with Crippen molar-refractivity contribution in [2.24, 2.45) is 5.92 Å². The molecule has 2 rings (SSSR count). The van der Waals surface area contributed by atoms with E-state index in [1.807, 2.05) is 58.0 Å². The number of benzene rings is 1. The van der Waals surface area contributed by atoms with Crippen LogP contribution in [0.4, 0.5) is 0 Å². The van der Waals surface area contributed by atoms with E-state index >= 15 is 0 Å². The molecule has 0 aromatic heterocycles. The number of carbonyl (C=O) groups is 1. The fraction of sp³-hybridized carbons (Fsp3) is 0.667. The average Bonchev–Trinajstić information content (AvgIpc) is 2.83. The Morgan fingerprint density at radius 2 is 1.94 bits per heavy atom. The van der Waals surface area contributed by atoms with E-state index in [4.69, 9.17) is 14.2 Å². The van der Waals surface area contributed by atoms with Crippen molar-refractivity contribution in [2.45, 2.75) is 89.3 Å². The maximum absolute atomic E-state index is 13.0. The highest BCUT2D eigenvalue weighted by atomic mass is 16.6. The second kappa shape index (κ2) is 12.8. The summed E-state index contributed by atoms with van der Waals surface area (Å²) in [7, 11) is 3.03. The minimum atomic E-state index is -1.47. The van der Waals surface area contributed by atoms with Gasteiger partial charge in [-0.2, -0.15) is 0 Å². The Bertz CT molecular complexity index is 815. The average molecular weight is 479 g/mol. The van der Waals surface area contributed by atoms with Crippen LogP contribution in [0.1, 0.15) is 58.1 Å². The van der Waals surface area contributed by atoms with Gasteiger partial charge in [-0.05, 0) is 30.0 Å². The highest BCUT2D eigenvalue weighted by Crippen LogP contribution is 2.32. The van der Waals surface area contributed by atoms with E-state index in [1.54, 1.807) is 7.11 Å². The molecule has 1 heterocycles. The van der Waals surface area contributed by atoms with E-state index in [9.17, 15) is 20.1 Å². The molecule has 1 aromatic carbocycles. The molecule has 1 aliphatic rings. The summed E-state index contributed by atoms with van der Waals surface area (Å²) in [5.74, 6) is -0.843. The van der Waals surface area contributed by atoms with Gasteiger partial charge in [0, 0.05) is 51.4 Å². The van der Waals surface area contributed by atoms with Crippen molar-refractivity contribution in [1.82, 2.24) is 0 Å². The van der Waals surface area contributed by atoms with Gasteiger partial charge >= 0.3 is 5.97 Å². The van der Waals surface area contributed by atoms with Crippen LogP contribution in [0.3, 0.4) is 0 Å². The molecule has 6 unspecified atom stereocenters. The Kier molecular flexibility index (Phi) is 10.7. The van der Waals surface area contributed by atoms with Gasteiger partial charge in [0.05, 0.1) is 18.3 Å². The van der Waals surface area contributed by atoms with Crippen LogP contribution in [0.15, 0.2) is 35.9 Å². The molecule has 0 saturated heterocycles. The van der Waals surface area contributed by atoms with E-state index < -0.39 is 41.9 Å². The van der Waals surface area contributed by atoms with E-state index in [2.05, 4.69) is 0 Å². The van der Waals surface area contributed by atoms with Crippen molar-refractivity contribution in [3.05, 3.63) is 47.0 Å². The minimum Gasteiger partial charge on any atom is -0.456 e. The van der Waals surface area contributed by atoms with Crippen molar-refractivity contribution in [3.63, 3.8) is 0 Å². The van der Waals surface area contributed by atoms with Crippen LogP contribution in [0.5, 0.6) is 0 Å². The lowest BCUT2D eigenvalue weighted by molar-refractivity contribution is -0.166. The van der Waals surface area contributed by atoms with Crippen molar-refractivity contribution >= 4 is 5.97 Å². The molecule has 3 N–H and O–H groups in total. The van der Waals surface area contributed by atoms with E-state index in [1.165, 1.54) is 7.11 Å². The van der Waals surface area contributed by atoms with Crippen molar-refractivity contribution in [3.8, 4) is 0 Å². The molecule has 6 atom stereocenters. The molecular weight excluding hydrogens is 436 g/mol. The van der Waals surface area contributed by atoms with Gasteiger partial charge in [-0.25, -0.2) is 4.79 Å². The number of ether oxygens (including phenoxy) is 3. The van der Waals surface area contributed by atoms with E-state index in [0.29, 0.717) is 19.3 Å². The molecular formula is C27H42O7. The summed E-state index contributed by atoms with van der Waals surface area (Å²) in [5.41, 5.74) is 2.05. The first kappa shape index (κ1) is 28.5. The predicted molar refractivity (Wildman–Crippen MR) is 131 cm³/mol. The Hall–Kier alpha value is -1.77. The fourth-order valence-electron chi connectivity index (χ4n) is 4.39. The second-order valence-electron chi connectivity index (χ2n) is 9.88. The number of hydrogen-bond acceptors (Lipinski definition) is 7. The van der Waals surface area contributed by atoms with E-state index in [0.717, 1.165) is 23.1 Å². The standard InChI is InChI=1S/C27H42O7/c1-7-18(16-28)11-17(2)22-14-21(32-5)15-24(29)27(3,4)20-10-8-9-19(12-20)13-23(33-6)25(30)26(31)34-22/h8-12,18,21-25,28-30H,7,13-16H2,1-6H3. The molecule has 192 valence electrons. The number of methoxy groups -OCH3 is 2. The van der Waals surface area contributed by atoms with Crippen LogP contribution in [-0.4, -0.2) is 72.6 Å². The third-order valence-electron chi connectivity index (χ3n) is 7.16. The molecule has 0 aliphatic carbocycles. The van der Waals surface area contributed by atoms with Crippen LogP contribution in [0.25, 0.3) is 0 Å². The number of aliphatic hydroxyl groups excluding tert-OH is 3. The molecule has 0 saturated carbocycles. The van der Waals surface area contributed by atoms with Gasteiger partial charge in [0.15, 0.2) is 6.10 Å². The summed E-state index contributed by atoms with van der Waals surface area (Å²) in [4.78, 5) is 13.0. The fourth-order valence-corrected chi connectivity index (χ4v) is 4.39. The Balaban J connectivity index is 2.50. The summed E-state index contributed by atoms with van der Waals surface area (Å²) in [5, 5.41) is 31.6. The first-order chi connectivity index (χ1) is 16.1. The summed E-state index contributed by atoms with van der Waals surface area (Å²) >= 11 is 0. The highest BCUT2D eigenvalue weighted by molar-refractivity contribution is 5.75. The first-order valence-corrected chi connectivity index (χ1v) is 12.1. The third kappa shape index (κ3) is 7.12. The number of rotatable bonds is 6.